The fourth-order valence-electron chi connectivity index (χ4n) is 3.45. The molecule has 3 rings (SSSR count). The van der Waals surface area contributed by atoms with Crippen LogP contribution in [0.3, 0.4) is 0 Å². The van der Waals surface area contributed by atoms with Crippen molar-refractivity contribution in [2.45, 2.75) is 30.2 Å². The van der Waals surface area contributed by atoms with Crippen molar-refractivity contribution in [2.75, 3.05) is 31.6 Å². The molecule has 0 bridgehead atoms. The summed E-state index contributed by atoms with van der Waals surface area (Å²) < 4.78 is 31.9. The Hall–Kier alpha value is -3.09. The number of benzene rings is 2. The molecule has 0 saturated carbocycles. The van der Waals surface area contributed by atoms with Gasteiger partial charge >= 0.3 is 0 Å². The third-order valence-electron chi connectivity index (χ3n) is 5.22. The number of anilines is 1. The Kier molecular flexibility index (Phi) is 7.50. The van der Waals surface area contributed by atoms with Crippen molar-refractivity contribution >= 4 is 21.6 Å². The molecule has 1 fully saturated rings. The summed E-state index contributed by atoms with van der Waals surface area (Å²) in [5.74, 6) is 0.604. The molecule has 9 heteroatoms. The minimum Gasteiger partial charge on any atom is -0.497 e. The van der Waals surface area contributed by atoms with E-state index < -0.39 is 10.0 Å². The molecule has 2 N–H and O–H groups in total. The van der Waals surface area contributed by atoms with E-state index >= 15 is 0 Å². The fourth-order valence-corrected chi connectivity index (χ4v) is 4.49. The second-order valence-corrected chi connectivity index (χ2v) is 9.03. The number of sulfonamides is 1. The molecular formula is C22H26N4O4S. The van der Waals surface area contributed by atoms with Crippen LogP contribution in [0.1, 0.15) is 29.6 Å². The molecule has 1 amide bonds. The molecule has 2 aromatic rings. The maximum absolute atomic E-state index is 12.6. The Labute approximate surface area is 182 Å². The topological polar surface area (TPSA) is 112 Å². The minimum absolute atomic E-state index is 0.0519. The number of hydrogen-bond donors (Lipinski definition) is 2. The number of methoxy groups -OCH3 is 1. The zero-order chi connectivity index (χ0) is 22.3. The molecule has 1 aliphatic rings. The van der Waals surface area contributed by atoms with Gasteiger partial charge in [-0.05, 0) is 61.4 Å². The molecule has 2 aromatic carbocycles. The number of amides is 1. The van der Waals surface area contributed by atoms with Crippen LogP contribution in [0.2, 0.25) is 0 Å². The summed E-state index contributed by atoms with van der Waals surface area (Å²) in [6.07, 6.45) is 1.75. The van der Waals surface area contributed by atoms with Gasteiger partial charge in [0.25, 0.3) is 5.91 Å². The number of nitrogens with zero attached hydrogens (tertiary/aromatic N) is 2. The molecule has 1 saturated heterocycles. The fraction of sp³-hybridized carbons (Fsp3) is 0.364. The molecule has 0 atom stereocenters. The smallest absolute Gasteiger partial charge is 0.251 e. The number of nitrogens with one attached hydrogen (secondary N) is 2. The summed E-state index contributed by atoms with van der Waals surface area (Å²) in [6, 6.07) is 15.7. The van der Waals surface area contributed by atoms with E-state index in [1.807, 2.05) is 30.3 Å². The zero-order valence-corrected chi connectivity index (χ0v) is 18.2. The maximum atomic E-state index is 12.6. The van der Waals surface area contributed by atoms with E-state index in [9.17, 15) is 13.2 Å². The third kappa shape index (κ3) is 5.96. The average molecular weight is 443 g/mol. The maximum Gasteiger partial charge on any atom is 0.251 e. The van der Waals surface area contributed by atoms with E-state index in [0.29, 0.717) is 5.56 Å². The highest BCUT2D eigenvalue weighted by Gasteiger charge is 2.22. The molecule has 1 heterocycles. The van der Waals surface area contributed by atoms with Crippen LogP contribution >= 0.6 is 0 Å². The Bertz CT molecular complexity index is 1020. The number of ether oxygens (including phenoxy) is 1. The number of hydrogen-bond acceptors (Lipinski definition) is 6. The summed E-state index contributed by atoms with van der Waals surface area (Å²) in [5.41, 5.74) is 1.54. The minimum atomic E-state index is -3.69. The number of piperidine rings is 1. The Morgan fingerprint density at radius 1 is 1.13 bits per heavy atom. The first kappa shape index (κ1) is 22.6. The van der Waals surface area contributed by atoms with Crippen molar-refractivity contribution in [3.05, 3.63) is 54.1 Å². The van der Waals surface area contributed by atoms with Gasteiger partial charge in [0.2, 0.25) is 10.0 Å². The van der Waals surface area contributed by atoms with E-state index in [-0.39, 0.29) is 29.8 Å². The largest absolute Gasteiger partial charge is 0.497 e. The van der Waals surface area contributed by atoms with E-state index in [2.05, 4.69) is 14.9 Å². The van der Waals surface area contributed by atoms with Crippen molar-refractivity contribution < 1.29 is 17.9 Å². The van der Waals surface area contributed by atoms with Gasteiger partial charge in [-0.1, -0.05) is 0 Å². The first-order valence-corrected chi connectivity index (χ1v) is 11.6. The monoisotopic (exact) mass is 442 g/mol. The van der Waals surface area contributed by atoms with Crippen LogP contribution in [0.5, 0.6) is 5.75 Å². The van der Waals surface area contributed by atoms with Gasteiger partial charge in [-0.25, -0.2) is 13.1 Å². The third-order valence-corrected chi connectivity index (χ3v) is 6.70. The van der Waals surface area contributed by atoms with Crippen LogP contribution in [0, 0.1) is 11.3 Å². The van der Waals surface area contributed by atoms with Gasteiger partial charge < -0.3 is 15.0 Å². The van der Waals surface area contributed by atoms with Gasteiger partial charge in [0.05, 0.1) is 18.1 Å². The van der Waals surface area contributed by atoms with Crippen LogP contribution in [0.25, 0.3) is 0 Å². The van der Waals surface area contributed by atoms with Crippen LogP contribution in [0.4, 0.5) is 5.69 Å². The Morgan fingerprint density at radius 2 is 1.77 bits per heavy atom. The summed E-state index contributed by atoms with van der Waals surface area (Å²) >= 11 is 0. The normalized spacial score (nSPS) is 14.6. The summed E-state index contributed by atoms with van der Waals surface area (Å²) in [7, 11) is -2.04. The number of carbonyl (C=O) groups is 1. The first-order valence-electron chi connectivity index (χ1n) is 10.1. The zero-order valence-electron chi connectivity index (χ0n) is 17.4. The SMILES string of the molecule is COc1ccc(N2CCC(NC(=O)c3ccc(S(=O)(=O)NCCC#N)cc3)CC2)cc1. The van der Waals surface area contributed by atoms with Gasteiger partial charge in [-0.15, -0.1) is 0 Å². The van der Waals surface area contributed by atoms with Gasteiger partial charge in [0.15, 0.2) is 0 Å². The predicted octanol–water partition coefficient (Wildman–Crippen LogP) is 2.29. The Morgan fingerprint density at radius 3 is 2.35 bits per heavy atom. The second kappa shape index (κ2) is 10.3. The number of carbonyl (C=O) groups excluding carboxylic acids is 1. The lowest BCUT2D eigenvalue weighted by Crippen LogP contribution is -2.44. The van der Waals surface area contributed by atoms with Gasteiger partial charge in [-0.2, -0.15) is 5.26 Å². The predicted molar refractivity (Wildman–Crippen MR) is 118 cm³/mol. The molecular weight excluding hydrogens is 416 g/mol. The molecule has 31 heavy (non-hydrogen) atoms. The second-order valence-electron chi connectivity index (χ2n) is 7.26. The molecule has 0 radical (unpaired) electrons. The summed E-state index contributed by atoms with van der Waals surface area (Å²) in [4.78, 5) is 14.9. The van der Waals surface area contributed by atoms with Gasteiger partial charge in [0.1, 0.15) is 5.75 Å². The van der Waals surface area contributed by atoms with Crippen molar-refractivity contribution in [1.29, 1.82) is 5.26 Å². The van der Waals surface area contributed by atoms with E-state index in [1.54, 1.807) is 7.11 Å². The van der Waals surface area contributed by atoms with Crippen LogP contribution < -0.4 is 19.7 Å². The number of rotatable bonds is 8. The lowest BCUT2D eigenvalue weighted by Gasteiger charge is -2.34. The van der Waals surface area contributed by atoms with E-state index in [4.69, 9.17) is 10.00 Å². The van der Waals surface area contributed by atoms with Crippen LogP contribution in [-0.4, -0.2) is 47.1 Å². The quantitative estimate of drug-likeness (QED) is 0.607. The standard InChI is InChI=1S/C22H26N4O4S/c1-30-20-7-5-19(6-8-20)26-15-11-18(12-16-26)25-22(27)17-3-9-21(10-4-17)31(28,29)24-14-2-13-23/h3-10,18,24H,2,11-12,14-16H2,1H3,(H,25,27). The molecule has 0 spiro atoms. The van der Waals surface area contributed by atoms with E-state index in [1.165, 1.54) is 24.3 Å². The first-order chi connectivity index (χ1) is 14.9. The highest BCUT2D eigenvalue weighted by molar-refractivity contribution is 7.89. The molecule has 0 aromatic heterocycles. The van der Waals surface area contributed by atoms with Crippen molar-refractivity contribution in [2.24, 2.45) is 0 Å². The highest BCUT2D eigenvalue weighted by atomic mass is 32.2. The molecule has 8 nitrogen and oxygen atoms in total. The lowest BCUT2D eigenvalue weighted by atomic mass is 10.0. The molecule has 164 valence electrons. The summed E-state index contributed by atoms with van der Waals surface area (Å²) in [6.45, 7) is 1.72. The lowest BCUT2D eigenvalue weighted by molar-refractivity contribution is 0.0931. The molecule has 0 unspecified atom stereocenters. The van der Waals surface area contributed by atoms with Crippen molar-refractivity contribution in [3.63, 3.8) is 0 Å². The average Bonchev–Trinajstić information content (AvgIpc) is 2.80. The van der Waals surface area contributed by atoms with Crippen LogP contribution in [0.15, 0.2) is 53.4 Å². The molecule has 1 aliphatic heterocycles. The van der Waals surface area contributed by atoms with Crippen molar-refractivity contribution in [1.82, 2.24) is 10.0 Å². The van der Waals surface area contributed by atoms with E-state index in [0.717, 1.165) is 37.4 Å². The highest BCUT2D eigenvalue weighted by Crippen LogP contribution is 2.23. The van der Waals surface area contributed by atoms with Gasteiger partial charge in [0, 0.05) is 43.3 Å². The summed E-state index contributed by atoms with van der Waals surface area (Å²) in [5, 5.41) is 11.6. The Balaban J connectivity index is 1.52. The van der Waals surface area contributed by atoms with Crippen LogP contribution in [-0.2, 0) is 10.0 Å². The number of nitriles is 1. The van der Waals surface area contributed by atoms with Crippen molar-refractivity contribution in [3.8, 4) is 11.8 Å². The van der Waals surface area contributed by atoms with Gasteiger partial charge in [-0.3, -0.25) is 4.79 Å². The molecule has 0 aliphatic carbocycles.